The molecule has 1 saturated carbocycles. The molecule has 1 amide bonds. The van der Waals surface area contributed by atoms with Gasteiger partial charge in [0.05, 0.1) is 10.8 Å². The maximum atomic E-state index is 13.2. The van der Waals surface area contributed by atoms with Crippen LogP contribution in [-0.4, -0.2) is 48.5 Å². The number of hydrogen-bond donors (Lipinski definition) is 0. The summed E-state index contributed by atoms with van der Waals surface area (Å²) in [5, 5.41) is 0.642. The van der Waals surface area contributed by atoms with E-state index >= 15 is 0 Å². The molecule has 1 heterocycles. The number of thioether (sulfide) groups is 1. The molecule has 168 valence electrons. The summed E-state index contributed by atoms with van der Waals surface area (Å²) in [7, 11) is -3.53. The van der Waals surface area contributed by atoms with Crippen LogP contribution in [-0.2, 0) is 14.8 Å². The van der Waals surface area contributed by atoms with Crippen LogP contribution in [0.3, 0.4) is 0 Å². The van der Waals surface area contributed by atoms with Crippen LogP contribution >= 0.6 is 11.8 Å². The Morgan fingerprint density at radius 1 is 1.03 bits per heavy atom. The van der Waals surface area contributed by atoms with Crippen molar-refractivity contribution in [3.63, 3.8) is 0 Å². The largest absolute Gasteiger partial charge is 0.309 e. The van der Waals surface area contributed by atoms with Gasteiger partial charge >= 0.3 is 0 Å². The van der Waals surface area contributed by atoms with Gasteiger partial charge in [-0.05, 0) is 37.1 Å². The first-order valence-electron chi connectivity index (χ1n) is 10.9. The Labute approximate surface area is 190 Å². The van der Waals surface area contributed by atoms with Crippen molar-refractivity contribution in [2.45, 2.75) is 61.9 Å². The highest BCUT2D eigenvalue weighted by atomic mass is 32.2. The fourth-order valence-corrected chi connectivity index (χ4v) is 6.11. The molecule has 0 unspecified atom stereocenters. The smallest absolute Gasteiger partial charge is 0.244 e. The fraction of sp³-hybridized carbons (Fsp3) is 0.478. The van der Waals surface area contributed by atoms with E-state index in [1.54, 1.807) is 12.1 Å². The van der Waals surface area contributed by atoms with Crippen molar-refractivity contribution in [1.29, 1.82) is 0 Å². The molecule has 3 rings (SSSR count). The minimum atomic E-state index is -3.53. The third-order valence-corrected chi connectivity index (χ3v) is 8.60. The van der Waals surface area contributed by atoms with Crippen molar-refractivity contribution in [2.24, 2.45) is 0 Å². The van der Waals surface area contributed by atoms with Gasteiger partial charge in [-0.25, -0.2) is 13.4 Å². The highest BCUT2D eigenvalue weighted by Gasteiger charge is 2.27. The Morgan fingerprint density at radius 2 is 1.71 bits per heavy atom. The lowest BCUT2D eigenvalue weighted by atomic mass is 9.93. The normalized spacial score (nSPS) is 15.2. The number of amides is 1. The van der Waals surface area contributed by atoms with Gasteiger partial charge in [0, 0.05) is 31.0 Å². The van der Waals surface area contributed by atoms with E-state index in [2.05, 4.69) is 4.98 Å². The third-order valence-electron chi connectivity index (χ3n) is 5.64. The summed E-state index contributed by atoms with van der Waals surface area (Å²) in [6.45, 7) is 4.46. The van der Waals surface area contributed by atoms with Crippen LogP contribution in [0.5, 0.6) is 0 Å². The first kappa shape index (κ1) is 23.8. The van der Waals surface area contributed by atoms with Crippen molar-refractivity contribution < 1.29 is 13.2 Å². The van der Waals surface area contributed by atoms with Crippen molar-refractivity contribution in [2.75, 3.05) is 23.7 Å². The van der Waals surface area contributed by atoms with Gasteiger partial charge in [0.2, 0.25) is 15.9 Å². The van der Waals surface area contributed by atoms with E-state index in [9.17, 15) is 13.2 Å². The van der Waals surface area contributed by atoms with Crippen LogP contribution in [0, 0.1) is 0 Å². The van der Waals surface area contributed by atoms with Crippen LogP contribution < -0.4 is 4.90 Å². The van der Waals surface area contributed by atoms with Crippen LogP contribution in [0.2, 0.25) is 0 Å². The lowest BCUT2D eigenvalue weighted by Gasteiger charge is -2.34. The van der Waals surface area contributed by atoms with E-state index < -0.39 is 10.0 Å². The van der Waals surface area contributed by atoms with E-state index in [0.29, 0.717) is 18.1 Å². The Morgan fingerprint density at radius 3 is 2.29 bits per heavy atom. The molecule has 0 bridgehead atoms. The topological polar surface area (TPSA) is 70.6 Å². The van der Waals surface area contributed by atoms with E-state index in [1.165, 1.54) is 28.7 Å². The number of anilines is 1. The number of sulfonamides is 1. The van der Waals surface area contributed by atoms with E-state index in [1.807, 2.05) is 49.1 Å². The zero-order valence-corrected chi connectivity index (χ0v) is 19.9. The standard InChI is InChI=1S/C23H31N3O3S2/c1-3-25(4-2)31(28,29)21-15-16-22(24-17-21)30-18-23(27)26(19-11-7-5-8-12-19)20-13-9-6-10-14-20/h5,7-8,11-12,15-17,20H,3-4,6,9-10,13-14,18H2,1-2H3. The molecule has 1 aromatic heterocycles. The third kappa shape index (κ3) is 5.87. The highest BCUT2D eigenvalue weighted by molar-refractivity contribution is 7.99. The summed E-state index contributed by atoms with van der Waals surface area (Å²) in [4.78, 5) is 19.6. The second-order valence-electron chi connectivity index (χ2n) is 7.60. The Balaban J connectivity index is 1.69. The molecule has 0 saturated heterocycles. The summed E-state index contributed by atoms with van der Waals surface area (Å²) in [5.74, 6) is 0.324. The van der Waals surface area contributed by atoms with Crippen molar-refractivity contribution in [3.8, 4) is 0 Å². The summed E-state index contributed by atoms with van der Waals surface area (Å²) in [6, 6.07) is 13.3. The molecular weight excluding hydrogens is 430 g/mol. The molecule has 1 aromatic carbocycles. The van der Waals surface area contributed by atoms with Crippen molar-refractivity contribution >= 4 is 33.4 Å². The number of para-hydroxylation sites is 1. The van der Waals surface area contributed by atoms with Crippen LogP contribution in [0.1, 0.15) is 46.0 Å². The molecule has 0 atom stereocenters. The minimum absolute atomic E-state index is 0.0599. The van der Waals surface area contributed by atoms with Crippen LogP contribution in [0.4, 0.5) is 5.69 Å². The Bertz CT molecular complexity index is 940. The van der Waals surface area contributed by atoms with Gasteiger partial charge in [0.1, 0.15) is 4.90 Å². The number of carbonyl (C=O) groups is 1. The van der Waals surface area contributed by atoms with Gasteiger partial charge in [-0.15, -0.1) is 0 Å². The average Bonchev–Trinajstić information content (AvgIpc) is 2.80. The molecule has 0 N–H and O–H groups in total. The molecule has 1 aliphatic carbocycles. The lowest BCUT2D eigenvalue weighted by Crippen LogP contribution is -2.42. The lowest BCUT2D eigenvalue weighted by molar-refractivity contribution is -0.116. The predicted molar refractivity (Wildman–Crippen MR) is 126 cm³/mol. The van der Waals surface area contributed by atoms with Crippen LogP contribution in [0.25, 0.3) is 0 Å². The summed E-state index contributed by atoms with van der Waals surface area (Å²) in [5.41, 5.74) is 0.939. The SMILES string of the molecule is CCN(CC)S(=O)(=O)c1ccc(SCC(=O)N(c2ccccc2)C2CCCCC2)nc1. The van der Waals surface area contributed by atoms with Gasteiger partial charge in [-0.1, -0.05) is 63.1 Å². The monoisotopic (exact) mass is 461 g/mol. The molecule has 1 fully saturated rings. The fourth-order valence-electron chi connectivity index (χ4n) is 4.01. The van der Waals surface area contributed by atoms with E-state index in [4.69, 9.17) is 0 Å². The minimum Gasteiger partial charge on any atom is -0.309 e. The second-order valence-corrected chi connectivity index (χ2v) is 10.5. The summed E-state index contributed by atoms with van der Waals surface area (Å²) >= 11 is 1.34. The highest BCUT2D eigenvalue weighted by Crippen LogP contribution is 2.29. The quantitative estimate of drug-likeness (QED) is 0.512. The van der Waals surface area contributed by atoms with E-state index in [0.717, 1.165) is 31.4 Å². The molecule has 0 radical (unpaired) electrons. The van der Waals surface area contributed by atoms with Gasteiger partial charge in [-0.2, -0.15) is 4.31 Å². The molecule has 1 aliphatic rings. The first-order valence-corrected chi connectivity index (χ1v) is 13.4. The number of carbonyl (C=O) groups excluding carboxylic acids is 1. The number of aromatic nitrogens is 1. The van der Waals surface area contributed by atoms with Gasteiger partial charge in [0.15, 0.2) is 0 Å². The molecule has 8 heteroatoms. The number of nitrogens with zero attached hydrogens (tertiary/aromatic N) is 3. The summed E-state index contributed by atoms with van der Waals surface area (Å²) in [6.07, 6.45) is 6.98. The maximum absolute atomic E-state index is 13.2. The van der Waals surface area contributed by atoms with Crippen molar-refractivity contribution in [3.05, 3.63) is 48.7 Å². The number of hydrogen-bond acceptors (Lipinski definition) is 5. The van der Waals surface area contributed by atoms with Gasteiger partial charge in [0.25, 0.3) is 0 Å². The maximum Gasteiger partial charge on any atom is 0.244 e. The van der Waals surface area contributed by atoms with Crippen LogP contribution in [0.15, 0.2) is 58.6 Å². The Kier molecular flexibility index (Phi) is 8.51. The molecule has 2 aromatic rings. The number of rotatable bonds is 9. The number of pyridine rings is 1. The molecule has 6 nitrogen and oxygen atoms in total. The average molecular weight is 462 g/mol. The first-order chi connectivity index (χ1) is 15.0. The molecule has 0 aliphatic heterocycles. The van der Waals surface area contributed by atoms with Crippen molar-refractivity contribution in [1.82, 2.24) is 9.29 Å². The molecule has 31 heavy (non-hydrogen) atoms. The van der Waals surface area contributed by atoms with Gasteiger partial charge in [-0.3, -0.25) is 4.79 Å². The van der Waals surface area contributed by atoms with E-state index in [-0.39, 0.29) is 22.6 Å². The zero-order valence-electron chi connectivity index (χ0n) is 18.2. The zero-order chi connectivity index (χ0) is 22.3. The Hall–Kier alpha value is -1.90. The van der Waals surface area contributed by atoms with Gasteiger partial charge < -0.3 is 4.90 Å². The summed E-state index contributed by atoms with van der Waals surface area (Å²) < 4.78 is 26.6. The number of benzene rings is 1. The predicted octanol–water partition coefficient (Wildman–Crippen LogP) is 4.57. The second kappa shape index (κ2) is 11.1. The molecular formula is C23H31N3O3S2. The molecule has 0 spiro atoms.